The molecule has 0 aromatic carbocycles. The summed E-state index contributed by atoms with van der Waals surface area (Å²) in [6.07, 6.45) is -3.25. The van der Waals surface area contributed by atoms with Crippen LogP contribution in [0.1, 0.15) is 30.6 Å². The molecule has 1 rings (SSSR count). The highest BCUT2D eigenvalue weighted by molar-refractivity contribution is 5.96. The molecule has 128 valence electrons. The van der Waals surface area contributed by atoms with Crippen LogP contribution in [0.2, 0.25) is 0 Å². The van der Waals surface area contributed by atoms with E-state index in [9.17, 15) is 22.8 Å². The molecule has 1 aromatic rings. The van der Waals surface area contributed by atoms with Crippen molar-refractivity contribution >= 4 is 11.8 Å². The SMILES string of the molecule is CC(C)NC(=O)CCNC(=O)c1cccnc1OCC(F)(F)F. The molecule has 0 saturated heterocycles. The van der Waals surface area contributed by atoms with Gasteiger partial charge in [-0.05, 0) is 26.0 Å². The molecule has 2 N–H and O–H groups in total. The smallest absolute Gasteiger partial charge is 0.422 e. The standard InChI is InChI=1S/C14H18F3N3O3/c1-9(2)20-11(21)5-7-18-12(22)10-4-3-6-19-13(10)23-8-14(15,16)17/h3-4,6,9H,5,7-8H2,1-2H3,(H,18,22)(H,20,21). The second-order valence-corrected chi connectivity index (χ2v) is 4.99. The number of carbonyl (C=O) groups is 2. The number of rotatable bonds is 7. The van der Waals surface area contributed by atoms with Gasteiger partial charge in [0.25, 0.3) is 5.91 Å². The van der Waals surface area contributed by atoms with Gasteiger partial charge in [-0.3, -0.25) is 9.59 Å². The Balaban J connectivity index is 2.57. The molecule has 0 saturated carbocycles. The number of pyridine rings is 1. The molecule has 0 atom stereocenters. The van der Waals surface area contributed by atoms with Gasteiger partial charge in [0.1, 0.15) is 5.56 Å². The maximum absolute atomic E-state index is 12.2. The largest absolute Gasteiger partial charge is 0.467 e. The molecule has 1 aromatic heterocycles. The van der Waals surface area contributed by atoms with Crippen molar-refractivity contribution in [3.05, 3.63) is 23.9 Å². The van der Waals surface area contributed by atoms with E-state index >= 15 is 0 Å². The lowest BCUT2D eigenvalue weighted by Gasteiger charge is -2.12. The van der Waals surface area contributed by atoms with Crippen molar-refractivity contribution in [3.8, 4) is 5.88 Å². The minimum Gasteiger partial charge on any atom is -0.467 e. The zero-order valence-corrected chi connectivity index (χ0v) is 12.7. The molecule has 0 bridgehead atoms. The Labute approximate surface area is 131 Å². The van der Waals surface area contributed by atoms with Crippen molar-refractivity contribution in [1.29, 1.82) is 0 Å². The molecule has 0 spiro atoms. The summed E-state index contributed by atoms with van der Waals surface area (Å²) >= 11 is 0. The van der Waals surface area contributed by atoms with Crippen LogP contribution in [0.4, 0.5) is 13.2 Å². The van der Waals surface area contributed by atoms with Gasteiger partial charge in [-0.1, -0.05) is 0 Å². The van der Waals surface area contributed by atoms with Crippen molar-refractivity contribution in [1.82, 2.24) is 15.6 Å². The third-order valence-electron chi connectivity index (χ3n) is 2.48. The molecule has 0 fully saturated rings. The Morgan fingerprint density at radius 2 is 2.04 bits per heavy atom. The van der Waals surface area contributed by atoms with E-state index < -0.39 is 24.6 Å². The summed E-state index contributed by atoms with van der Waals surface area (Å²) in [6.45, 7) is 2.11. The second kappa shape index (κ2) is 8.35. The van der Waals surface area contributed by atoms with Crippen molar-refractivity contribution in [2.24, 2.45) is 0 Å². The fourth-order valence-corrected chi connectivity index (χ4v) is 1.61. The van der Waals surface area contributed by atoms with Crippen LogP contribution in [0.5, 0.6) is 5.88 Å². The molecule has 6 nitrogen and oxygen atoms in total. The summed E-state index contributed by atoms with van der Waals surface area (Å²) in [7, 11) is 0. The van der Waals surface area contributed by atoms with E-state index in [-0.39, 0.29) is 30.5 Å². The normalized spacial score (nSPS) is 11.2. The fraction of sp³-hybridized carbons (Fsp3) is 0.500. The molecule has 23 heavy (non-hydrogen) atoms. The van der Waals surface area contributed by atoms with Gasteiger partial charge in [-0.15, -0.1) is 0 Å². The summed E-state index contributed by atoms with van der Waals surface area (Å²) in [5.41, 5.74) is -0.124. The van der Waals surface area contributed by atoms with E-state index in [0.717, 1.165) is 0 Å². The summed E-state index contributed by atoms with van der Waals surface area (Å²) < 4.78 is 41.0. The number of nitrogens with one attached hydrogen (secondary N) is 2. The highest BCUT2D eigenvalue weighted by Gasteiger charge is 2.29. The van der Waals surface area contributed by atoms with E-state index in [4.69, 9.17) is 0 Å². The van der Waals surface area contributed by atoms with Crippen LogP contribution < -0.4 is 15.4 Å². The van der Waals surface area contributed by atoms with Crippen LogP contribution in [0, 0.1) is 0 Å². The molecular weight excluding hydrogens is 315 g/mol. The maximum atomic E-state index is 12.2. The van der Waals surface area contributed by atoms with E-state index in [0.29, 0.717) is 0 Å². The number of nitrogens with zero attached hydrogens (tertiary/aromatic N) is 1. The number of hydrogen-bond acceptors (Lipinski definition) is 4. The first-order valence-corrected chi connectivity index (χ1v) is 6.91. The van der Waals surface area contributed by atoms with Crippen LogP contribution in [-0.2, 0) is 4.79 Å². The van der Waals surface area contributed by atoms with Gasteiger partial charge >= 0.3 is 6.18 Å². The quantitative estimate of drug-likeness (QED) is 0.795. The predicted octanol–water partition coefficient (Wildman–Crippen LogP) is 1.67. The second-order valence-electron chi connectivity index (χ2n) is 4.99. The number of amides is 2. The molecule has 2 amide bonds. The summed E-state index contributed by atoms with van der Waals surface area (Å²) in [5.74, 6) is -1.30. The highest BCUT2D eigenvalue weighted by Crippen LogP contribution is 2.19. The van der Waals surface area contributed by atoms with Crippen LogP contribution in [0.3, 0.4) is 0 Å². The maximum Gasteiger partial charge on any atom is 0.422 e. The monoisotopic (exact) mass is 333 g/mol. The minimum absolute atomic E-state index is 0.0149. The van der Waals surface area contributed by atoms with Crippen LogP contribution in [-0.4, -0.2) is 42.2 Å². The zero-order valence-electron chi connectivity index (χ0n) is 12.7. The van der Waals surface area contributed by atoms with Crippen molar-refractivity contribution in [2.75, 3.05) is 13.2 Å². The summed E-state index contributed by atoms with van der Waals surface area (Å²) in [6, 6.07) is 2.68. The Bertz CT molecular complexity index is 548. The molecule has 0 unspecified atom stereocenters. The number of ether oxygens (including phenoxy) is 1. The van der Waals surface area contributed by atoms with Gasteiger partial charge in [0.15, 0.2) is 6.61 Å². The van der Waals surface area contributed by atoms with Gasteiger partial charge in [-0.25, -0.2) is 4.98 Å². The van der Waals surface area contributed by atoms with Gasteiger partial charge in [-0.2, -0.15) is 13.2 Å². The van der Waals surface area contributed by atoms with Gasteiger partial charge in [0.05, 0.1) is 0 Å². The molecule has 0 aliphatic carbocycles. The Morgan fingerprint density at radius 3 is 2.65 bits per heavy atom. The Morgan fingerprint density at radius 1 is 1.35 bits per heavy atom. The first kappa shape index (κ1) is 18.7. The first-order valence-electron chi connectivity index (χ1n) is 6.91. The topological polar surface area (TPSA) is 80.3 Å². The van der Waals surface area contributed by atoms with Gasteiger partial charge in [0, 0.05) is 25.2 Å². The van der Waals surface area contributed by atoms with Crippen LogP contribution in [0.15, 0.2) is 18.3 Å². The molecule has 0 radical (unpaired) electrons. The molecule has 0 aliphatic heterocycles. The van der Waals surface area contributed by atoms with E-state index in [1.165, 1.54) is 18.3 Å². The van der Waals surface area contributed by atoms with Crippen LogP contribution in [0.25, 0.3) is 0 Å². The summed E-state index contributed by atoms with van der Waals surface area (Å²) in [5, 5.41) is 5.09. The Hall–Kier alpha value is -2.32. The number of carbonyl (C=O) groups excluding carboxylic acids is 2. The third kappa shape index (κ3) is 7.48. The lowest BCUT2D eigenvalue weighted by Crippen LogP contribution is -2.34. The third-order valence-corrected chi connectivity index (χ3v) is 2.48. The first-order chi connectivity index (χ1) is 10.7. The number of halogens is 3. The predicted molar refractivity (Wildman–Crippen MR) is 76.0 cm³/mol. The number of aromatic nitrogens is 1. The Kier molecular flexibility index (Phi) is 6.80. The van der Waals surface area contributed by atoms with Crippen molar-refractivity contribution in [2.45, 2.75) is 32.5 Å². The lowest BCUT2D eigenvalue weighted by molar-refractivity contribution is -0.154. The number of hydrogen-bond donors (Lipinski definition) is 2. The van der Waals surface area contributed by atoms with E-state index in [2.05, 4.69) is 20.4 Å². The molecular formula is C14H18F3N3O3. The molecule has 9 heteroatoms. The zero-order chi connectivity index (χ0) is 17.5. The van der Waals surface area contributed by atoms with Crippen molar-refractivity contribution < 1.29 is 27.5 Å². The average Bonchev–Trinajstić information content (AvgIpc) is 2.43. The fourth-order valence-electron chi connectivity index (χ4n) is 1.61. The molecule has 1 heterocycles. The lowest BCUT2D eigenvalue weighted by atomic mass is 10.2. The summed E-state index contributed by atoms with van der Waals surface area (Å²) in [4.78, 5) is 27.0. The van der Waals surface area contributed by atoms with Gasteiger partial charge < -0.3 is 15.4 Å². The van der Waals surface area contributed by atoms with E-state index in [1.807, 2.05) is 0 Å². The minimum atomic E-state index is -4.53. The molecule has 0 aliphatic rings. The van der Waals surface area contributed by atoms with E-state index in [1.54, 1.807) is 13.8 Å². The highest BCUT2D eigenvalue weighted by atomic mass is 19.4. The van der Waals surface area contributed by atoms with Gasteiger partial charge in [0.2, 0.25) is 11.8 Å². The number of alkyl halides is 3. The van der Waals surface area contributed by atoms with Crippen molar-refractivity contribution in [3.63, 3.8) is 0 Å². The van der Waals surface area contributed by atoms with Crippen LogP contribution >= 0.6 is 0 Å². The average molecular weight is 333 g/mol.